The molecule has 6 heteroatoms. The lowest BCUT2D eigenvalue weighted by molar-refractivity contribution is -0.144. The summed E-state index contributed by atoms with van der Waals surface area (Å²) in [6.07, 6.45) is 1.49. The standard InChI is InChI=1S/C22H23NO5/c1-26-21(24)20(13-27-14-10-11-14)23-22(25)28-12-19-17-8-4-2-6-15(17)16-7-3-5-9-18(16)19/h2-9,14,19-20H,10-13H2,1H3,(H,23,25)/t20-/m1/s1. The number of methoxy groups -OCH3 is 1. The SMILES string of the molecule is COC(=O)[C@@H](COC1CC1)NC(=O)OCC1c2ccccc2-c2ccccc21. The molecule has 0 aliphatic heterocycles. The zero-order chi connectivity index (χ0) is 19.5. The third-order valence-corrected chi connectivity index (χ3v) is 5.14. The second kappa shape index (κ2) is 8.02. The van der Waals surface area contributed by atoms with E-state index in [1.165, 1.54) is 7.11 Å². The number of hydrogen-bond acceptors (Lipinski definition) is 5. The van der Waals surface area contributed by atoms with E-state index >= 15 is 0 Å². The van der Waals surface area contributed by atoms with E-state index in [1.807, 2.05) is 24.3 Å². The first-order valence-electron chi connectivity index (χ1n) is 9.48. The lowest BCUT2D eigenvalue weighted by atomic mass is 9.98. The molecule has 1 fully saturated rings. The molecular formula is C22H23NO5. The molecule has 2 aromatic carbocycles. The quantitative estimate of drug-likeness (QED) is 0.746. The maximum atomic E-state index is 12.3. The van der Waals surface area contributed by atoms with Crippen molar-refractivity contribution in [2.75, 3.05) is 20.3 Å². The Morgan fingerprint density at radius 2 is 1.64 bits per heavy atom. The van der Waals surface area contributed by atoms with Gasteiger partial charge in [0.15, 0.2) is 6.04 Å². The van der Waals surface area contributed by atoms with Crippen LogP contribution in [0.4, 0.5) is 4.79 Å². The number of hydrogen-bond donors (Lipinski definition) is 1. The van der Waals surface area contributed by atoms with E-state index in [1.54, 1.807) is 0 Å². The van der Waals surface area contributed by atoms with Crippen LogP contribution in [-0.2, 0) is 19.0 Å². The van der Waals surface area contributed by atoms with Crippen LogP contribution in [0.3, 0.4) is 0 Å². The first-order valence-corrected chi connectivity index (χ1v) is 9.48. The normalized spacial score (nSPS) is 16.0. The van der Waals surface area contributed by atoms with Gasteiger partial charge in [-0.15, -0.1) is 0 Å². The van der Waals surface area contributed by atoms with Crippen LogP contribution in [0.5, 0.6) is 0 Å². The second-order valence-corrected chi connectivity index (χ2v) is 7.08. The number of esters is 1. The van der Waals surface area contributed by atoms with E-state index in [4.69, 9.17) is 14.2 Å². The summed E-state index contributed by atoms with van der Waals surface area (Å²) in [5.74, 6) is -0.577. The van der Waals surface area contributed by atoms with Crippen molar-refractivity contribution < 1.29 is 23.8 Å². The highest BCUT2D eigenvalue weighted by molar-refractivity contribution is 5.82. The van der Waals surface area contributed by atoms with E-state index in [9.17, 15) is 9.59 Å². The molecule has 0 unspecified atom stereocenters. The van der Waals surface area contributed by atoms with Crippen molar-refractivity contribution in [3.05, 3.63) is 59.7 Å². The number of benzene rings is 2. The third-order valence-electron chi connectivity index (χ3n) is 5.14. The maximum absolute atomic E-state index is 12.3. The second-order valence-electron chi connectivity index (χ2n) is 7.08. The zero-order valence-corrected chi connectivity index (χ0v) is 15.7. The highest BCUT2D eigenvalue weighted by Crippen LogP contribution is 2.44. The van der Waals surface area contributed by atoms with Crippen LogP contribution in [0.1, 0.15) is 29.9 Å². The highest BCUT2D eigenvalue weighted by Gasteiger charge is 2.31. The Morgan fingerprint density at radius 1 is 1.04 bits per heavy atom. The summed E-state index contributed by atoms with van der Waals surface area (Å²) in [6, 6.07) is 15.4. The van der Waals surface area contributed by atoms with E-state index in [0.717, 1.165) is 35.1 Å². The minimum atomic E-state index is -0.874. The third kappa shape index (κ3) is 3.87. The van der Waals surface area contributed by atoms with Gasteiger partial charge >= 0.3 is 12.1 Å². The Morgan fingerprint density at radius 3 is 2.21 bits per heavy atom. The van der Waals surface area contributed by atoms with Crippen LogP contribution in [0.25, 0.3) is 11.1 Å². The first kappa shape index (κ1) is 18.5. The molecule has 0 bridgehead atoms. The molecule has 1 N–H and O–H groups in total. The molecular weight excluding hydrogens is 358 g/mol. The van der Waals surface area contributed by atoms with Crippen LogP contribution in [0, 0.1) is 0 Å². The zero-order valence-electron chi connectivity index (χ0n) is 15.7. The number of ether oxygens (including phenoxy) is 3. The van der Waals surface area contributed by atoms with Gasteiger partial charge in [-0.05, 0) is 35.1 Å². The molecule has 2 aliphatic rings. The van der Waals surface area contributed by atoms with Crippen LogP contribution >= 0.6 is 0 Å². The van der Waals surface area contributed by atoms with Crippen LogP contribution in [-0.4, -0.2) is 44.5 Å². The average molecular weight is 381 g/mol. The van der Waals surface area contributed by atoms with E-state index in [0.29, 0.717) is 0 Å². The van der Waals surface area contributed by atoms with Crippen LogP contribution in [0.15, 0.2) is 48.5 Å². The number of rotatable bonds is 7. The molecule has 6 nitrogen and oxygen atoms in total. The Kier molecular flexibility index (Phi) is 5.30. The van der Waals surface area contributed by atoms with Crippen molar-refractivity contribution in [3.8, 4) is 11.1 Å². The summed E-state index contributed by atoms with van der Waals surface area (Å²) in [4.78, 5) is 24.2. The molecule has 0 heterocycles. The fourth-order valence-corrected chi connectivity index (χ4v) is 3.56. The molecule has 0 aromatic heterocycles. The van der Waals surface area contributed by atoms with Gasteiger partial charge in [0.05, 0.1) is 19.8 Å². The molecule has 0 radical (unpaired) electrons. The fraction of sp³-hybridized carbons (Fsp3) is 0.364. The molecule has 4 rings (SSSR count). The van der Waals surface area contributed by atoms with Gasteiger partial charge in [-0.2, -0.15) is 0 Å². The topological polar surface area (TPSA) is 73.9 Å². The predicted octanol–water partition coefficient (Wildman–Crippen LogP) is 3.25. The fourth-order valence-electron chi connectivity index (χ4n) is 3.56. The Labute approximate surface area is 163 Å². The summed E-state index contributed by atoms with van der Waals surface area (Å²) in [7, 11) is 1.28. The summed E-state index contributed by atoms with van der Waals surface area (Å²) < 4.78 is 15.8. The number of carbonyl (C=O) groups excluding carboxylic acids is 2. The number of fused-ring (bicyclic) bond motifs is 3. The minimum absolute atomic E-state index is 0.0301. The van der Waals surface area contributed by atoms with Crippen LogP contribution < -0.4 is 5.32 Å². The summed E-state index contributed by atoms with van der Waals surface area (Å²) in [6.45, 7) is 0.277. The van der Waals surface area contributed by atoms with Gasteiger partial charge in [0, 0.05) is 5.92 Å². The number of amides is 1. The summed E-state index contributed by atoms with van der Waals surface area (Å²) in [5, 5.41) is 2.56. The van der Waals surface area contributed by atoms with Crippen LogP contribution in [0.2, 0.25) is 0 Å². The van der Waals surface area contributed by atoms with Gasteiger partial charge in [-0.3, -0.25) is 0 Å². The first-order chi connectivity index (χ1) is 13.7. The Hall–Kier alpha value is -2.86. The Balaban J connectivity index is 1.40. The molecule has 146 valence electrons. The van der Waals surface area contributed by atoms with Crippen molar-refractivity contribution >= 4 is 12.1 Å². The lowest BCUT2D eigenvalue weighted by Crippen LogP contribution is -2.45. The molecule has 1 atom stereocenters. The van der Waals surface area contributed by atoms with Gasteiger partial charge in [0.25, 0.3) is 0 Å². The lowest BCUT2D eigenvalue weighted by Gasteiger charge is -2.18. The van der Waals surface area contributed by atoms with Gasteiger partial charge in [-0.1, -0.05) is 48.5 Å². The Bertz CT molecular complexity index is 831. The molecule has 2 aliphatic carbocycles. The van der Waals surface area contributed by atoms with Gasteiger partial charge < -0.3 is 19.5 Å². The van der Waals surface area contributed by atoms with Crippen molar-refractivity contribution in [2.24, 2.45) is 0 Å². The summed E-state index contributed by atoms with van der Waals surface area (Å²) in [5.41, 5.74) is 4.60. The van der Waals surface area contributed by atoms with Crippen molar-refractivity contribution in [3.63, 3.8) is 0 Å². The monoisotopic (exact) mass is 381 g/mol. The molecule has 28 heavy (non-hydrogen) atoms. The minimum Gasteiger partial charge on any atom is -0.467 e. The largest absolute Gasteiger partial charge is 0.467 e. The number of nitrogens with one attached hydrogen (secondary N) is 1. The van der Waals surface area contributed by atoms with E-state index in [-0.39, 0.29) is 25.2 Å². The molecule has 2 aromatic rings. The number of alkyl carbamates (subject to hydrolysis) is 1. The molecule has 0 spiro atoms. The smallest absolute Gasteiger partial charge is 0.407 e. The van der Waals surface area contributed by atoms with E-state index < -0.39 is 18.1 Å². The highest BCUT2D eigenvalue weighted by atomic mass is 16.6. The van der Waals surface area contributed by atoms with Gasteiger partial charge in [-0.25, -0.2) is 9.59 Å². The van der Waals surface area contributed by atoms with Gasteiger partial charge in [0.1, 0.15) is 6.61 Å². The average Bonchev–Trinajstić information content (AvgIpc) is 3.50. The predicted molar refractivity (Wildman–Crippen MR) is 103 cm³/mol. The molecule has 1 amide bonds. The van der Waals surface area contributed by atoms with Gasteiger partial charge in [0.2, 0.25) is 0 Å². The molecule has 1 saturated carbocycles. The van der Waals surface area contributed by atoms with Crippen molar-refractivity contribution in [1.82, 2.24) is 5.32 Å². The van der Waals surface area contributed by atoms with Crippen molar-refractivity contribution in [2.45, 2.75) is 30.9 Å². The van der Waals surface area contributed by atoms with E-state index in [2.05, 4.69) is 29.6 Å². The number of carbonyl (C=O) groups is 2. The van der Waals surface area contributed by atoms with Crippen molar-refractivity contribution in [1.29, 1.82) is 0 Å². The maximum Gasteiger partial charge on any atom is 0.407 e. The summed E-state index contributed by atoms with van der Waals surface area (Å²) >= 11 is 0. The molecule has 0 saturated heterocycles.